The van der Waals surface area contributed by atoms with Crippen LogP contribution in [0.1, 0.15) is 124 Å². The van der Waals surface area contributed by atoms with Gasteiger partial charge in [-0.05, 0) is 39.0 Å². The van der Waals surface area contributed by atoms with E-state index in [2.05, 4.69) is 19.1 Å². The third-order valence-corrected chi connectivity index (χ3v) is 5.27. The van der Waals surface area contributed by atoms with Crippen molar-refractivity contribution in [3.05, 3.63) is 47.5 Å². The van der Waals surface area contributed by atoms with Gasteiger partial charge in [0.25, 0.3) is 0 Å². The van der Waals surface area contributed by atoms with Crippen molar-refractivity contribution in [1.29, 1.82) is 0 Å². The van der Waals surface area contributed by atoms with E-state index in [4.69, 9.17) is 0 Å². The molecular formula is C26H40O2. The smallest absolute Gasteiger partial charge is 0.163 e. The molecule has 0 heterocycles. The summed E-state index contributed by atoms with van der Waals surface area (Å²) >= 11 is 0. The molecule has 0 fully saturated rings. The molecule has 0 spiro atoms. The summed E-state index contributed by atoms with van der Waals surface area (Å²) in [7, 11) is 0. The second-order valence-corrected chi connectivity index (χ2v) is 7.86. The summed E-state index contributed by atoms with van der Waals surface area (Å²) in [6.07, 6.45) is 21.5. The average Bonchev–Trinajstić information content (AvgIpc) is 2.70. The van der Waals surface area contributed by atoms with Crippen molar-refractivity contribution in [2.45, 2.75) is 104 Å². The molecule has 1 rings (SSSR count). The van der Waals surface area contributed by atoms with Crippen molar-refractivity contribution in [2.24, 2.45) is 0 Å². The van der Waals surface area contributed by atoms with E-state index in [1.165, 1.54) is 77.6 Å². The maximum atomic E-state index is 12.3. The molecule has 1 aromatic rings. The fourth-order valence-electron chi connectivity index (χ4n) is 3.52. The molecule has 0 aliphatic rings. The van der Waals surface area contributed by atoms with Gasteiger partial charge in [-0.25, -0.2) is 0 Å². The van der Waals surface area contributed by atoms with Crippen LogP contribution in [0.25, 0.3) is 0 Å². The van der Waals surface area contributed by atoms with Gasteiger partial charge in [0.1, 0.15) is 0 Å². The number of hydrogen-bond acceptors (Lipinski definition) is 2. The Bertz CT molecular complexity index is 586. The van der Waals surface area contributed by atoms with Gasteiger partial charge >= 0.3 is 0 Å². The van der Waals surface area contributed by atoms with Crippen LogP contribution in [0.5, 0.6) is 0 Å². The highest BCUT2D eigenvalue weighted by Gasteiger charge is 2.13. The topological polar surface area (TPSA) is 34.1 Å². The fourth-order valence-corrected chi connectivity index (χ4v) is 3.52. The van der Waals surface area contributed by atoms with Crippen molar-refractivity contribution in [3.63, 3.8) is 0 Å². The third-order valence-electron chi connectivity index (χ3n) is 5.27. The van der Waals surface area contributed by atoms with Gasteiger partial charge in [0, 0.05) is 17.5 Å². The van der Waals surface area contributed by atoms with Crippen LogP contribution in [0.2, 0.25) is 0 Å². The molecule has 0 atom stereocenters. The maximum absolute atomic E-state index is 12.3. The molecule has 2 nitrogen and oxygen atoms in total. The molecule has 0 amide bonds. The van der Waals surface area contributed by atoms with Crippen molar-refractivity contribution in [1.82, 2.24) is 0 Å². The third kappa shape index (κ3) is 11.2. The van der Waals surface area contributed by atoms with E-state index < -0.39 is 0 Å². The quantitative estimate of drug-likeness (QED) is 0.154. The Morgan fingerprint density at radius 1 is 0.714 bits per heavy atom. The van der Waals surface area contributed by atoms with Gasteiger partial charge in [-0.15, -0.1) is 0 Å². The lowest BCUT2D eigenvalue weighted by molar-refractivity contribution is 0.0959. The molecule has 1 aromatic carbocycles. The first-order valence-electron chi connectivity index (χ1n) is 11.4. The van der Waals surface area contributed by atoms with Gasteiger partial charge < -0.3 is 0 Å². The van der Waals surface area contributed by atoms with E-state index in [9.17, 15) is 9.59 Å². The van der Waals surface area contributed by atoms with Crippen molar-refractivity contribution in [2.75, 3.05) is 0 Å². The molecule has 2 heteroatoms. The maximum Gasteiger partial charge on any atom is 0.163 e. The fraction of sp³-hybridized carbons (Fsp3) is 0.615. The Kier molecular flexibility index (Phi) is 14.1. The molecule has 0 N–H and O–H groups in total. The van der Waals surface area contributed by atoms with Gasteiger partial charge in [0.2, 0.25) is 0 Å². The SMILES string of the molecule is CCCCCCCC/C=C\CCCCCCCC(=O)c1ccccc1C(C)=O. The number of Topliss-reactive ketones (excluding diaryl/α,β-unsaturated/α-hetero) is 2. The Hall–Kier alpha value is -1.70. The Labute approximate surface area is 172 Å². The number of benzene rings is 1. The van der Waals surface area contributed by atoms with Gasteiger partial charge in [0.05, 0.1) is 0 Å². The predicted molar refractivity (Wildman–Crippen MR) is 120 cm³/mol. The minimum Gasteiger partial charge on any atom is -0.294 e. The average molecular weight is 385 g/mol. The minimum atomic E-state index is -0.0338. The largest absolute Gasteiger partial charge is 0.294 e. The molecule has 0 bridgehead atoms. The predicted octanol–water partition coefficient (Wildman–Crippen LogP) is 8.11. The van der Waals surface area contributed by atoms with E-state index in [1.54, 1.807) is 12.1 Å². The standard InChI is InChI=1S/C26H40O2/c1-3-4-5-6-7-8-9-10-11-12-13-14-15-16-17-22-26(28)25-21-19-18-20-24(25)23(2)27/h10-11,18-21H,3-9,12-17,22H2,1-2H3/b11-10-. The Balaban J connectivity index is 2.00. The van der Waals surface area contributed by atoms with Crippen LogP contribution < -0.4 is 0 Å². The van der Waals surface area contributed by atoms with Gasteiger partial charge in [-0.3, -0.25) is 9.59 Å². The van der Waals surface area contributed by atoms with E-state index in [-0.39, 0.29) is 11.6 Å². The second kappa shape index (κ2) is 16.3. The summed E-state index contributed by atoms with van der Waals surface area (Å²) in [5, 5.41) is 0. The van der Waals surface area contributed by atoms with Crippen molar-refractivity contribution < 1.29 is 9.59 Å². The van der Waals surface area contributed by atoms with Crippen LogP contribution in [0, 0.1) is 0 Å². The Morgan fingerprint density at radius 2 is 1.21 bits per heavy atom. The zero-order valence-electron chi connectivity index (χ0n) is 18.2. The lowest BCUT2D eigenvalue weighted by atomic mass is 9.97. The number of hydrogen-bond donors (Lipinski definition) is 0. The zero-order valence-corrected chi connectivity index (χ0v) is 18.2. The summed E-state index contributed by atoms with van der Waals surface area (Å²) in [6, 6.07) is 7.17. The van der Waals surface area contributed by atoms with Crippen LogP contribution in [0.15, 0.2) is 36.4 Å². The summed E-state index contributed by atoms with van der Waals surface area (Å²) < 4.78 is 0. The number of carbonyl (C=O) groups is 2. The van der Waals surface area contributed by atoms with Crippen molar-refractivity contribution >= 4 is 11.6 Å². The summed E-state index contributed by atoms with van der Waals surface area (Å²) in [6.45, 7) is 3.78. The highest BCUT2D eigenvalue weighted by atomic mass is 16.1. The summed E-state index contributed by atoms with van der Waals surface area (Å²) in [5.74, 6) is 0.0666. The van der Waals surface area contributed by atoms with E-state index >= 15 is 0 Å². The molecule has 0 aliphatic heterocycles. The van der Waals surface area contributed by atoms with Crippen LogP contribution in [0.4, 0.5) is 0 Å². The second-order valence-electron chi connectivity index (χ2n) is 7.86. The van der Waals surface area contributed by atoms with Crippen LogP contribution in [-0.2, 0) is 0 Å². The van der Waals surface area contributed by atoms with Crippen LogP contribution in [0.3, 0.4) is 0 Å². The molecule has 28 heavy (non-hydrogen) atoms. The molecular weight excluding hydrogens is 344 g/mol. The monoisotopic (exact) mass is 384 g/mol. The number of unbranched alkanes of at least 4 members (excludes halogenated alkanes) is 11. The first-order valence-corrected chi connectivity index (χ1v) is 11.4. The molecule has 156 valence electrons. The Morgan fingerprint density at radius 3 is 1.79 bits per heavy atom. The molecule has 0 radical (unpaired) electrons. The van der Waals surface area contributed by atoms with Crippen molar-refractivity contribution in [3.8, 4) is 0 Å². The zero-order chi connectivity index (χ0) is 20.5. The lowest BCUT2D eigenvalue weighted by Gasteiger charge is -2.06. The molecule has 0 aliphatic carbocycles. The number of carbonyl (C=O) groups excluding carboxylic acids is 2. The number of rotatable bonds is 17. The molecule has 0 saturated heterocycles. The van der Waals surface area contributed by atoms with E-state index in [0.29, 0.717) is 17.5 Å². The van der Waals surface area contributed by atoms with E-state index in [1.807, 2.05) is 12.1 Å². The normalized spacial score (nSPS) is 11.2. The van der Waals surface area contributed by atoms with Gasteiger partial charge in [-0.1, -0.05) is 94.7 Å². The first kappa shape index (κ1) is 24.3. The van der Waals surface area contributed by atoms with Crippen LogP contribution in [-0.4, -0.2) is 11.6 Å². The number of allylic oxidation sites excluding steroid dienone is 2. The van der Waals surface area contributed by atoms with Gasteiger partial charge in [0.15, 0.2) is 11.6 Å². The lowest BCUT2D eigenvalue weighted by Crippen LogP contribution is -2.06. The summed E-state index contributed by atoms with van der Waals surface area (Å²) in [5.41, 5.74) is 1.14. The number of ketones is 2. The van der Waals surface area contributed by atoms with E-state index in [0.717, 1.165) is 12.8 Å². The first-order chi connectivity index (χ1) is 13.7. The van der Waals surface area contributed by atoms with Crippen LogP contribution >= 0.6 is 0 Å². The highest BCUT2D eigenvalue weighted by Crippen LogP contribution is 2.15. The molecule has 0 saturated carbocycles. The minimum absolute atomic E-state index is 0.0338. The molecule has 0 unspecified atom stereocenters. The summed E-state index contributed by atoms with van der Waals surface area (Å²) in [4.78, 5) is 24.0. The highest BCUT2D eigenvalue weighted by molar-refractivity contribution is 6.07. The van der Waals surface area contributed by atoms with Gasteiger partial charge in [-0.2, -0.15) is 0 Å². The molecule has 0 aromatic heterocycles.